The van der Waals surface area contributed by atoms with Gasteiger partial charge in [0.05, 0.1) is 5.69 Å². The highest BCUT2D eigenvalue weighted by Crippen LogP contribution is 2.27. The van der Waals surface area contributed by atoms with E-state index >= 15 is 0 Å². The Balaban J connectivity index is 1.52. The number of nitrogens with zero attached hydrogens (tertiary/aromatic N) is 2. The Bertz CT molecular complexity index is 951. The van der Waals surface area contributed by atoms with Crippen LogP contribution in [-0.4, -0.2) is 33.5 Å². The Labute approximate surface area is 170 Å². The standard InChI is InChI=1S/C19H20BrN5O3/c20-11-4-3-5-13(10-11)25-15-7-2-1-6-14(15)16(24-25)17(26)22-23-19(28)18(27)21-12-8-9-12/h3-5,10,12H,1-2,6-9H2,(H,21,27)(H,22,26)(H,23,28). The molecule has 2 aliphatic rings. The molecule has 1 fully saturated rings. The average Bonchev–Trinajstić information content (AvgIpc) is 3.42. The molecule has 146 valence electrons. The lowest BCUT2D eigenvalue weighted by molar-refractivity contribution is -0.139. The fraction of sp³-hybridized carbons (Fsp3) is 0.368. The summed E-state index contributed by atoms with van der Waals surface area (Å²) < 4.78 is 2.71. The molecule has 2 aliphatic carbocycles. The first-order valence-electron chi connectivity index (χ1n) is 9.31. The van der Waals surface area contributed by atoms with E-state index in [1.807, 2.05) is 24.3 Å². The summed E-state index contributed by atoms with van der Waals surface area (Å²) in [6.07, 6.45) is 5.36. The van der Waals surface area contributed by atoms with Crippen molar-refractivity contribution in [1.82, 2.24) is 25.9 Å². The van der Waals surface area contributed by atoms with Crippen molar-refractivity contribution >= 4 is 33.7 Å². The van der Waals surface area contributed by atoms with Crippen molar-refractivity contribution < 1.29 is 14.4 Å². The van der Waals surface area contributed by atoms with Crippen molar-refractivity contribution in [3.8, 4) is 5.69 Å². The molecule has 0 spiro atoms. The third-order valence-electron chi connectivity index (χ3n) is 4.86. The molecule has 3 N–H and O–H groups in total. The maximum atomic E-state index is 12.6. The van der Waals surface area contributed by atoms with Gasteiger partial charge in [0.2, 0.25) is 0 Å². The zero-order valence-corrected chi connectivity index (χ0v) is 16.7. The van der Waals surface area contributed by atoms with Crippen LogP contribution in [0.1, 0.15) is 47.4 Å². The number of hydrazine groups is 1. The van der Waals surface area contributed by atoms with Gasteiger partial charge in [-0.05, 0) is 56.7 Å². The smallest absolute Gasteiger partial charge is 0.327 e. The summed E-state index contributed by atoms with van der Waals surface area (Å²) in [5.74, 6) is -2.16. The predicted molar refractivity (Wildman–Crippen MR) is 105 cm³/mol. The van der Waals surface area contributed by atoms with E-state index in [0.717, 1.165) is 59.9 Å². The minimum atomic E-state index is -0.888. The number of halogens is 1. The number of hydrogen-bond donors (Lipinski definition) is 3. The summed E-state index contributed by atoms with van der Waals surface area (Å²) in [6.45, 7) is 0. The van der Waals surface area contributed by atoms with E-state index in [0.29, 0.717) is 0 Å². The lowest BCUT2D eigenvalue weighted by Crippen LogP contribution is -2.49. The number of carbonyl (C=O) groups is 3. The molecule has 1 aromatic heterocycles. The summed E-state index contributed by atoms with van der Waals surface area (Å²) in [6, 6.07) is 7.78. The molecule has 1 aromatic carbocycles. The largest absolute Gasteiger partial charge is 0.345 e. The lowest BCUT2D eigenvalue weighted by Gasteiger charge is -2.14. The number of amides is 3. The van der Waals surface area contributed by atoms with Gasteiger partial charge in [-0.2, -0.15) is 5.10 Å². The minimum absolute atomic E-state index is 0.0712. The normalized spacial score (nSPS) is 15.5. The van der Waals surface area contributed by atoms with Crippen molar-refractivity contribution in [1.29, 1.82) is 0 Å². The van der Waals surface area contributed by atoms with Gasteiger partial charge in [-0.15, -0.1) is 0 Å². The number of nitrogens with one attached hydrogen (secondary N) is 3. The molecule has 0 aliphatic heterocycles. The molecule has 0 radical (unpaired) electrons. The van der Waals surface area contributed by atoms with Gasteiger partial charge in [0, 0.05) is 21.8 Å². The summed E-state index contributed by atoms with van der Waals surface area (Å²) in [5, 5.41) is 7.09. The molecule has 28 heavy (non-hydrogen) atoms. The van der Waals surface area contributed by atoms with Gasteiger partial charge < -0.3 is 5.32 Å². The second-order valence-corrected chi connectivity index (χ2v) is 7.94. The van der Waals surface area contributed by atoms with Crippen molar-refractivity contribution in [3.05, 3.63) is 45.7 Å². The van der Waals surface area contributed by atoms with E-state index in [1.54, 1.807) is 4.68 Å². The molecule has 0 unspecified atom stereocenters. The van der Waals surface area contributed by atoms with Crippen LogP contribution < -0.4 is 16.2 Å². The zero-order valence-electron chi connectivity index (χ0n) is 15.1. The van der Waals surface area contributed by atoms with Crippen LogP contribution in [0, 0.1) is 0 Å². The second-order valence-electron chi connectivity index (χ2n) is 7.03. The van der Waals surface area contributed by atoms with E-state index in [1.165, 1.54) is 0 Å². The second kappa shape index (κ2) is 7.75. The zero-order chi connectivity index (χ0) is 19.7. The first kappa shape index (κ1) is 18.7. The number of fused-ring (bicyclic) bond motifs is 1. The van der Waals surface area contributed by atoms with Crippen LogP contribution in [0.4, 0.5) is 0 Å². The van der Waals surface area contributed by atoms with Crippen LogP contribution >= 0.6 is 15.9 Å². The first-order valence-corrected chi connectivity index (χ1v) is 10.1. The molecule has 3 amide bonds. The molecule has 0 bridgehead atoms. The number of hydrogen-bond acceptors (Lipinski definition) is 4. The number of benzene rings is 1. The molecule has 8 nitrogen and oxygen atoms in total. The Hall–Kier alpha value is -2.68. The Morgan fingerprint density at radius 3 is 2.61 bits per heavy atom. The highest BCUT2D eigenvalue weighted by atomic mass is 79.9. The van der Waals surface area contributed by atoms with Gasteiger partial charge in [0.25, 0.3) is 5.91 Å². The van der Waals surface area contributed by atoms with Gasteiger partial charge in [0.15, 0.2) is 5.69 Å². The monoisotopic (exact) mass is 445 g/mol. The van der Waals surface area contributed by atoms with Crippen LogP contribution in [0.3, 0.4) is 0 Å². The molecular weight excluding hydrogens is 426 g/mol. The third-order valence-corrected chi connectivity index (χ3v) is 5.35. The number of aromatic nitrogens is 2. The number of rotatable bonds is 3. The van der Waals surface area contributed by atoms with E-state index in [2.05, 4.69) is 37.2 Å². The SMILES string of the molecule is O=C(NNC(=O)c1nn(-c2cccc(Br)c2)c2c1CCCC2)C(=O)NC1CC1. The van der Waals surface area contributed by atoms with Crippen LogP contribution in [-0.2, 0) is 22.4 Å². The molecule has 4 rings (SSSR count). The van der Waals surface area contributed by atoms with Crippen molar-refractivity contribution in [2.24, 2.45) is 0 Å². The lowest BCUT2D eigenvalue weighted by atomic mass is 9.95. The van der Waals surface area contributed by atoms with Crippen LogP contribution in [0.2, 0.25) is 0 Å². The maximum Gasteiger partial charge on any atom is 0.327 e. The summed E-state index contributed by atoms with van der Waals surface area (Å²) in [4.78, 5) is 36.2. The van der Waals surface area contributed by atoms with Gasteiger partial charge in [-0.25, -0.2) is 4.68 Å². The average molecular weight is 446 g/mol. The van der Waals surface area contributed by atoms with E-state index < -0.39 is 17.7 Å². The van der Waals surface area contributed by atoms with Crippen molar-refractivity contribution in [3.63, 3.8) is 0 Å². The first-order chi connectivity index (χ1) is 13.5. The fourth-order valence-electron chi connectivity index (χ4n) is 3.31. The molecule has 2 aromatic rings. The topological polar surface area (TPSA) is 105 Å². The van der Waals surface area contributed by atoms with E-state index in [-0.39, 0.29) is 11.7 Å². The number of carbonyl (C=O) groups excluding carboxylic acids is 3. The predicted octanol–water partition coefficient (Wildman–Crippen LogP) is 1.55. The molecule has 0 saturated heterocycles. The third kappa shape index (κ3) is 3.94. The van der Waals surface area contributed by atoms with Crippen LogP contribution in [0.25, 0.3) is 5.69 Å². The molecular formula is C19H20BrN5O3. The Kier molecular flexibility index (Phi) is 5.17. The maximum absolute atomic E-state index is 12.6. The molecule has 0 atom stereocenters. The quantitative estimate of drug-likeness (QED) is 0.492. The summed E-state index contributed by atoms with van der Waals surface area (Å²) >= 11 is 3.46. The van der Waals surface area contributed by atoms with Gasteiger partial charge in [-0.3, -0.25) is 25.2 Å². The van der Waals surface area contributed by atoms with Crippen molar-refractivity contribution in [2.75, 3.05) is 0 Å². The van der Waals surface area contributed by atoms with E-state index in [9.17, 15) is 14.4 Å². The summed E-state index contributed by atoms with van der Waals surface area (Å²) in [5.41, 5.74) is 7.52. The summed E-state index contributed by atoms with van der Waals surface area (Å²) in [7, 11) is 0. The van der Waals surface area contributed by atoms with Gasteiger partial charge in [-0.1, -0.05) is 22.0 Å². The molecule has 1 saturated carbocycles. The molecule has 1 heterocycles. The highest BCUT2D eigenvalue weighted by Gasteiger charge is 2.28. The molecule has 9 heteroatoms. The van der Waals surface area contributed by atoms with Crippen LogP contribution in [0.5, 0.6) is 0 Å². The fourth-order valence-corrected chi connectivity index (χ4v) is 3.70. The van der Waals surface area contributed by atoms with Gasteiger partial charge in [0.1, 0.15) is 0 Å². The minimum Gasteiger partial charge on any atom is -0.345 e. The highest BCUT2D eigenvalue weighted by molar-refractivity contribution is 9.10. The Morgan fingerprint density at radius 1 is 1.07 bits per heavy atom. The van der Waals surface area contributed by atoms with Crippen LogP contribution in [0.15, 0.2) is 28.7 Å². The van der Waals surface area contributed by atoms with Gasteiger partial charge >= 0.3 is 11.8 Å². The Morgan fingerprint density at radius 2 is 1.86 bits per heavy atom. The van der Waals surface area contributed by atoms with Crippen molar-refractivity contribution in [2.45, 2.75) is 44.6 Å². The van der Waals surface area contributed by atoms with E-state index in [4.69, 9.17) is 0 Å².